The van der Waals surface area contributed by atoms with E-state index < -0.39 is 5.97 Å². The van der Waals surface area contributed by atoms with Crippen molar-refractivity contribution < 1.29 is 9.90 Å². The first-order valence-corrected chi connectivity index (χ1v) is 5.11. The number of carboxylic acids is 1. The van der Waals surface area contributed by atoms with Crippen LogP contribution in [0, 0.1) is 0 Å². The van der Waals surface area contributed by atoms with Gasteiger partial charge < -0.3 is 5.11 Å². The van der Waals surface area contributed by atoms with Gasteiger partial charge in [-0.1, -0.05) is 29.3 Å². The highest BCUT2D eigenvalue weighted by molar-refractivity contribution is 9.12. The Hall–Kier alpha value is -0.510. The fourth-order valence-corrected chi connectivity index (χ4v) is 1.53. The predicted octanol–water partition coefficient (Wildman–Crippen LogP) is 3.81. The molecule has 14 heavy (non-hydrogen) atoms. The molecule has 0 radical (unpaired) electrons. The van der Waals surface area contributed by atoms with Gasteiger partial charge in [0.05, 0.1) is 0 Å². The van der Waals surface area contributed by atoms with E-state index in [2.05, 4.69) is 15.9 Å². The van der Waals surface area contributed by atoms with E-state index in [0.29, 0.717) is 15.6 Å². The monoisotopic (exact) mass is 294 g/mol. The summed E-state index contributed by atoms with van der Waals surface area (Å²) in [6.07, 6.45) is 1.42. The summed E-state index contributed by atoms with van der Waals surface area (Å²) in [4.78, 5) is 10.5. The van der Waals surface area contributed by atoms with Crippen molar-refractivity contribution in [3.8, 4) is 0 Å². The van der Waals surface area contributed by atoms with Gasteiger partial charge >= 0.3 is 5.97 Å². The molecule has 0 fully saturated rings. The number of aliphatic carboxylic acids is 1. The zero-order valence-corrected chi connectivity index (χ0v) is 9.90. The molecular formula is C9H5BrCl2O2. The highest BCUT2D eigenvalue weighted by Crippen LogP contribution is 2.24. The van der Waals surface area contributed by atoms with Crippen molar-refractivity contribution in [1.82, 2.24) is 0 Å². The van der Waals surface area contributed by atoms with E-state index in [-0.39, 0.29) is 4.48 Å². The minimum atomic E-state index is -1.05. The summed E-state index contributed by atoms with van der Waals surface area (Å²) in [5, 5.41) is 9.53. The molecule has 1 N–H and O–H groups in total. The quantitative estimate of drug-likeness (QED) is 0.842. The Kier molecular flexibility index (Phi) is 3.98. The average molecular weight is 296 g/mol. The third-order valence-corrected chi connectivity index (χ3v) is 2.58. The third-order valence-electron chi connectivity index (χ3n) is 1.45. The van der Waals surface area contributed by atoms with Crippen LogP contribution in [-0.2, 0) is 4.79 Å². The Bertz CT molecular complexity index is 402. The van der Waals surface area contributed by atoms with E-state index in [1.54, 1.807) is 18.2 Å². The van der Waals surface area contributed by atoms with Gasteiger partial charge in [0.25, 0.3) is 0 Å². The summed E-state index contributed by atoms with van der Waals surface area (Å²) in [6, 6.07) is 4.84. The van der Waals surface area contributed by atoms with Gasteiger partial charge in [-0.2, -0.15) is 0 Å². The Morgan fingerprint density at radius 2 is 2.07 bits per heavy atom. The number of benzene rings is 1. The average Bonchev–Trinajstić information content (AvgIpc) is 2.09. The van der Waals surface area contributed by atoms with Crippen LogP contribution in [0.1, 0.15) is 5.56 Å². The van der Waals surface area contributed by atoms with Gasteiger partial charge in [0.15, 0.2) is 0 Å². The predicted molar refractivity (Wildman–Crippen MR) is 61.0 cm³/mol. The molecule has 2 nitrogen and oxygen atoms in total. The first-order chi connectivity index (χ1) is 6.50. The van der Waals surface area contributed by atoms with Crippen molar-refractivity contribution in [3.05, 3.63) is 38.3 Å². The lowest BCUT2D eigenvalue weighted by molar-refractivity contribution is -0.131. The number of hydrogen-bond acceptors (Lipinski definition) is 1. The molecule has 0 aliphatic heterocycles. The van der Waals surface area contributed by atoms with Crippen LogP contribution in [0.2, 0.25) is 10.0 Å². The number of halogens is 3. The number of hydrogen-bond donors (Lipinski definition) is 1. The molecule has 0 aliphatic carbocycles. The molecule has 0 atom stereocenters. The standard InChI is InChI=1S/C9H5BrCl2O2/c10-7(9(13)14)3-5-1-2-6(11)4-8(5)12/h1-4H,(H,13,14). The molecular weight excluding hydrogens is 291 g/mol. The topological polar surface area (TPSA) is 37.3 Å². The maximum atomic E-state index is 10.5. The van der Waals surface area contributed by atoms with Crippen LogP contribution in [0.3, 0.4) is 0 Å². The van der Waals surface area contributed by atoms with Crippen LogP contribution in [0.4, 0.5) is 0 Å². The van der Waals surface area contributed by atoms with E-state index in [4.69, 9.17) is 28.3 Å². The second-order valence-electron chi connectivity index (χ2n) is 2.46. The van der Waals surface area contributed by atoms with Gasteiger partial charge in [-0.15, -0.1) is 0 Å². The van der Waals surface area contributed by atoms with Crippen LogP contribution in [0.25, 0.3) is 6.08 Å². The molecule has 0 unspecified atom stereocenters. The van der Waals surface area contributed by atoms with Crippen LogP contribution in [0.15, 0.2) is 22.7 Å². The first kappa shape index (κ1) is 11.6. The normalized spacial score (nSPS) is 11.5. The van der Waals surface area contributed by atoms with Gasteiger partial charge in [0.1, 0.15) is 4.48 Å². The molecule has 0 saturated heterocycles. The molecule has 0 aliphatic rings. The summed E-state index contributed by atoms with van der Waals surface area (Å²) < 4.78 is 0.0433. The molecule has 0 bridgehead atoms. The van der Waals surface area contributed by atoms with Crippen molar-refractivity contribution in [2.24, 2.45) is 0 Å². The molecule has 1 rings (SSSR count). The molecule has 5 heteroatoms. The third kappa shape index (κ3) is 3.01. The van der Waals surface area contributed by atoms with E-state index in [9.17, 15) is 4.79 Å². The van der Waals surface area contributed by atoms with Crippen LogP contribution >= 0.6 is 39.1 Å². The molecule has 0 amide bonds. The summed E-state index contributed by atoms with van der Waals surface area (Å²) in [6.45, 7) is 0. The Morgan fingerprint density at radius 3 is 2.57 bits per heavy atom. The summed E-state index contributed by atoms with van der Waals surface area (Å²) in [5.41, 5.74) is 0.602. The maximum Gasteiger partial charge on any atom is 0.342 e. The SMILES string of the molecule is O=C(O)C(Br)=Cc1ccc(Cl)cc1Cl. The zero-order valence-electron chi connectivity index (χ0n) is 6.80. The lowest BCUT2D eigenvalue weighted by Crippen LogP contribution is -1.92. The summed E-state index contributed by atoms with van der Waals surface area (Å²) in [5.74, 6) is -1.05. The van der Waals surface area contributed by atoms with Crippen molar-refractivity contribution in [1.29, 1.82) is 0 Å². The van der Waals surface area contributed by atoms with E-state index in [1.807, 2.05) is 0 Å². The molecule has 74 valence electrons. The Morgan fingerprint density at radius 1 is 1.43 bits per heavy atom. The minimum absolute atomic E-state index is 0.0433. The van der Waals surface area contributed by atoms with Gasteiger partial charge in [-0.3, -0.25) is 0 Å². The van der Waals surface area contributed by atoms with Gasteiger partial charge in [-0.25, -0.2) is 4.79 Å². The first-order valence-electron chi connectivity index (χ1n) is 3.56. The fraction of sp³-hybridized carbons (Fsp3) is 0. The number of rotatable bonds is 2. The number of carbonyl (C=O) groups is 1. The smallest absolute Gasteiger partial charge is 0.342 e. The molecule has 0 spiro atoms. The van der Waals surface area contributed by atoms with Gasteiger partial charge in [0, 0.05) is 10.0 Å². The van der Waals surface area contributed by atoms with Crippen LogP contribution in [-0.4, -0.2) is 11.1 Å². The Labute approximate surface area is 99.3 Å². The van der Waals surface area contributed by atoms with E-state index in [1.165, 1.54) is 6.08 Å². The highest BCUT2D eigenvalue weighted by Gasteiger charge is 2.04. The van der Waals surface area contributed by atoms with E-state index in [0.717, 1.165) is 0 Å². The largest absolute Gasteiger partial charge is 0.477 e. The number of carboxylic acid groups (broad SMARTS) is 1. The van der Waals surface area contributed by atoms with Crippen molar-refractivity contribution >= 4 is 51.2 Å². The minimum Gasteiger partial charge on any atom is -0.477 e. The lowest BCUT2D eigenvalue weighted by Gasteiger charge is -1.99. The van der Waals surface area contributed by atoms with Crippen LogP contribution < -0.4 is 0 Å². The lowest BCUT2D eigenvalue weighted by atomic mass is 10.2. The van der Waals surface area contributed by atoms with Crippen molar-refractivity contribution in [2.75, 3.05) is 0 Å². The molecule has 0 saturated carbocycles. The fourth-order valence-electron chi connectivity index (χ4n) is 0.817. The Balaban J connectivity index is 3.09. The summed E-state index contributed by atoms with van der Waals surface area (Å²) >= 11 is 14.4. The second kappa shape index (κ2) is 4.82. The highest BCUT2D eigenvalue weighted by atomic mass is 79.9. The molecule has 0 heterocycles. The van der Waals surface area contributed by atoms with E-state index >= 15 is 0 Å². The molecule has 1 aromatic rings. The van der Waals surface area contributed by atoms with Crippen molar-refractivity contribution in [2.45, 2.75) is 0 Å². The maximum absolute atomic E-state index is 10.5. The second-order valence-corrected chi connectivity index (χ2v) is 4.16. The zero-order chi connectivity index (χ0) is 10.7. The van der Waals surface area contributed by atoms with Crippen LogP contribution in [0.5, 0.6) is 0 Å². The van der Waals surface area contributed by atoms with Gasteiger partial charge in [0.2, 0.25) is 0 Å². The van der Waals surface area contributed by atoms with Crippen molar-refractivity contribution in [3.63, 3.8) is 0 Å². The molecule has 1 aromatic carbocycles. The summed E-state index contributed by atoms with van der Waals surface area (Å²) in [7, 11) is 0. The molecule has 0 aromatic heterocycles. The van der Waals surface area contributed by atoms with Gasteiger partial charge in [-0.05, 0) is 39.7 Å².